The number of ether oxygens (including phenoxy) is 1. The van der Waals surface area contributed by atoms with Gasteiger partial charge in [0.1, 0.15) is 11.4 Å². The summed E-state index contributed by atoms with van der Waals surface area (Å²) in [4.78, 5) is 0. The molecule has 16 heavy (non-hydrogen) atoms. The summed E-state index contributed by atoms with van der Waals surface area (Å²) in [7, 11) is 0. The number of rotatable bonds is 4. The van der Waals surface area contributed by atoms with Gasteiger partial charge < -0.3 is 9.26 Å². The highest BCUT2D eigenvalue weighted by Crippen LogP contribution is 2.29. The normalized spacial score (nSPS) is 10.4. The molecule has 0 radical (unpaired) electrons. The van der Waals surface area contributed by atoms with Crippen molar-refractivity contribution in [2.24, 2.45) is 0 Å². The molecule has 0 aliphatic carbocycles. The van der Waals surface area contributed by atoms with Gasteiger partial charge in [-0.25, -0.2) is 0 Å². The number of nitrogens with zero attached hydrogens (tertiary/aromatic N) is 1. The molecule has 0 aliphatic heterocycles. The first-order valence-corrected chi connectivity index (χ1v) is 5.62. The maximum atomic E-state index is 5.66. The van der Waals surface area contributed by atoms with Crippen LogP contribution in [-0.2, 0) is 5.88 Å². The molecule has 0 amide bonds. The summed E-state index contributed by atoms with van der Waals surface area (Å²) >= 11 is 5.66. The van der Waals surface area contributed by atoms with Gasteiger partial charge in [0.05, 0.1) is 12.5 Å². The number of para-hydroxylation sites is 1. The highest BCUT2D eigenvalue weighted by molar-refractivity contribution is 6.16. The maximum absolute atomic E-state index is 5.66. The van der Waals surface area contributed by atoms with Crippen molar-refractivity contribution in [1.82, 2.24) is 5.16 Å². The molecule has 4 heteroatoms. The second-order valence-electron chi connectivity index (χ2n) is 3.24. The van der Waals surface area contributed by atoms with E-state index >= 15 is 0 Å². The van der Waals surface area contributed by atoms with E-state index in [1.165, 1.54) is 0 Å². The van der Waals surface area contributed by atoms with E-state index in [2.05, 4.69) is 5.16 Å². The Morgan fingerprint density at radius 2 is 2.19 bits per heavy atom. The van der Waals surface area contributed by atoms with Gasteiger partial charge in [-0.2, -0.15) is 0 Å². The second-order valence-corrected chi connectivity index (χ2v) is 3.51. The number of aromatic nitrogens is 1. The van der Waals surface area contributed by atoms with Gasteiger partial charge in [-0.1, -0.05) is 17.3 Å². The molecule has 0 fully saturated rings. The Labute approximate surface area is 99.0 Å². The highest BCUT2D eigenvalue weighted by atomic mass is 35.5. The summed E-state index contributed by atoms with van der Waals surface area (Å²) in [6.07, 6.45) is 0. The monoisotopic (exact) mass is 237 g/mol. The zero-order valence-corrected chi connectivity index (χ0v) is 9.70. The third-order valence-corrected chi connectivity index (χ3v) is 2.42. The first-order chi connectivity index (χ1) is 7.85. The molecule has 0 atom stereocenters. The van der Waals surface area contributed by atoms with Crippen LogP contribution in [0, 0.1) is 0 Å². The molecule has 1 aromatic carbocycles. The van der Waals surface area contributed by atoms with E-state index < -0.39 is 0 Å². The van der Waals surface area contributed by atoms with E-state index in [0.29, 0.717) is 18.2 Å². The number of alkyl halides is 1. The highest BCUT2D eigenvalue weighted by Gasteiger charge is 2.10. The van der Waals surface area contributed by atoms with Gasteiger partial charge in [0.2, 0.25) is 0 Å². The smallest absolute Gasteiger partial charge is 0.152 e. The molecule has 2 rings (SSSR count). The fourth-order valence-corrected chi connectivity index (χ4v) is 1.59. The van der Waals surface area contributed by atoms with E-state index in [9.17, 15) is 0 Å². The van der Waals surface area contributed by atoms with Crippen LogP contribution in [0.1, 0.15) is 12.7 Å². The molecule has 0 spiro atoms. The summed E-state index contributed by atoms with van der Waals surface area (Å²) in [5, 5.41) is 3.96. The lowest BCUT2D eigenvalue weighted by molar-refractivity contribution is 0.341. The molecule has 0 bridgehead atoms. The Morgan fingerprint density at radius 1 is 1.38 bits per heavy atom. The van der Waals surface area contributed by atoms with Gasteiger partial charge in [-0.05, 0) is 19.1 Å². The van der Waals surface area contributed by atoms with Crippen LogP contribution in [0.5, 0.6) is 5.75 Å². The minimum Gasteiger partial charge on any atom is -0.493 e. The van der Waals surface area contributed by atoms with Crippen molar-refractivity contribution >= 4 is 11.6 Å². The van der Waals surface area contributed by atoms with Gasteiger partial charge >= 0.3 is 0 Å². The zero-order valence-electron chi connectivity index (χ0n) is 8.94. The first kappa shape index (κ1) is 11.0. The van der Waals surface area contributed by atoms with Crippen molar-refractivity contribution < 1.29 is 9.26 Å². The summed E-state index contributed by atoms with van der Waals surface area (Å²) in [6, 6.07) is 9.55. The van der Waals surface area contributed by atoms with E-state index in [0.717, 1.165) is 17.0 Å². The average molecular weight is 238 g/mol. The third-order valence-electron chi connectivity index (χ3n) is 2.15. The lowest BCUT2D eigenvalue weighted by Crippen LogP contribution is -1.93. The fraction of sp³-hybridized carbons (Fsp3) is 0.250. The minimum absolute atomic E-state index is 0.323. The van der Waals surface area contributed by atoms with Gasteiger partial charge in [0, 0.05) is 11.6 Å². The van der Waals surface area contributed by atoms with Crippen molar-refractivity contribution in [2.75, 3.05) is 6.61 Å². The van der Waals surface area contributed by atoms with Crippen molar-refractivity contribution in [3.8, 4) is 17.0 Å². The van der Waals surface area contributed by atoms with Crippen molar-refractivity contribution in [3.05, 3.63) is 36.1 Å². The van der Waals surface area contributed by atoms with Crippen molar-refractivity contribution in [1.29, 1.82) is 0 Å². The third kappa shape index (κ3) is 2.19. The molecule has 3 nitrogen and oxygen atoms in total. The van der Waals surface area contributed by atoms with Crippen LogP contribution in [-0.4, -0.2) is 11.8 Å². The lowest BCUT2D eigenvalue weighted by atomic mass is 10.1. The average Bonchev–Trinajstić information content (AvgIpc) is 2.79. The van der Waals surface area contributed by atoms with Crippen LogP contribution in [0.15, 0.2) is 34.9 Å². The number of benzene rings is 1. The van der Waals surface area contributed by atoms with Crippen LogP contribution in [0.3, 0.4) is 0 Å². The predicted octanol–water partition coefficient (Wildman–Crippen LogP) is 3.48. The quantitative estimate of drug-likeness (QED) is 0.764. The topological polar surface area (TPSA) is 35.3 Å². The van der Waals surface area contributed by atoms with Gasteiger partial charge in [0.15, 0.2) is 5.76 Å². The predicted molar refractivity (Wildman–Crippen MR) is 62.7 cm³/mol. The van der Waals surface area contributed by atoms with E-state index in [4.69, 9.17) is 20.9 Å². The Kier molecular flexibility index (Phi) is 3.47. The molecule has 0 N–H and O–H groups in total. The molecule has 84 valence electrons. The standard InChI is InChI=1S/C12H12ClNO2/c1-2-15-12-6-4-3-5-10(12)11-7-9(8-13)16-14-11/h3-7H,2,8H2,1H3. The van der Waals surface area contributed by atoms with Crippen LogP contribution in [0.4, 0.5) is 0 Å². The van der Waals surface area contributed by atoms with Crippen LogP contribution >= 0.6 is 11.6 Å². The molecule has 0 saturated carbocycles. The Morgan fingerprint density at radius 3 is 2.88 bits per heavy atom. The fourth-order valence-electron chi connectivity index (χ4n) is 1.46. The molecule has 1 heterocycles. The van der Waals surface area contributed by atoms with E-state index in [-0.39, 0.29) is 0 Å². The first-order valence-electron chi connectivity index (χ1n) is 5.09. The van der Waals surface area contributed by atoms with Crippen LogP contribution in [0.2, 0.25) is 0 Å². The Bertz CT molecular complexity index is 468. The molecule has 0 saturated heterocycles. The van der Waals surface area contributed by atoms with Crippen molar-refractivity contribution in [2.45, 2.75) is 12.8 Å². The minimum atomic E-state index is 0.323. The van der Waals surface area contributed by atoms with Crippen LogP contribution < -0.4 is 4.74 Å². The molecule has 0 aliphatic rings. The summed E-state index contributed by atoms with van der Waals surface area (Å²) in [6.45, 7) is 2.57. The van der Waals surface area contributed by atoms with Crippen molar-refractivity contribution in [3.63, 3.8) is 0 Å². The maximum Gasteiger partial charge on any atom is 0.152 e. The number of hydrogen-bond acceptors (Lipinski definition) is 3. The summed E-state index contributed by atoms with van der Waals surface area (Å²) in [5.74, 6) is 1.78. The van der Waals surface area contributed by atoms with Gasteiger partial charge in [-0.3, -0.25) is 0 Å². The van der Waals surface area contributed by atoms with Gasteiger partial charge in [-0.15, -0.1) is 11.6 Å². The van der Waals surface area contributed by atoms with Gasteiger partial charge in [0.25, 0.3) is 0 Å². The zero-order chi connectivity index (χ0) is 11.4. The summed E-state index contributed by atoms with van der Waals surface area (Å²) in [5.41, 5.74) is 1.67. The number of halogens is 1. The second kappa shape index (κ2) is 5.03. The number of hydrogen-bond donors (Lipinski definition) is 0. The Balaban J connectivity index is 2.38. The molecular weight excluding hydrogens is 226 g/mol. The van der Waals surface area contributed by atoms with E-state index in [1.54, 1.807) is 0 Å². The largest absolute Gasteiger partial charge is 0.493 e. The summed E-state index contributed by atoms with van der Waals surface area (Å²) < 4.78 is 10.6. The lowest BCUT2D eigenvalue weighted by Gasteiger charge is -2.06. The SMILES string of the molecule is CCOc1ccccc1-c1cc(CCl)on1. The molecule has 2 aromatic rings. The van der Waals surface area contributed by atoms with Crippen LogP contribution in [0.25, 0.3) is 11.3 Å². The van der Waals surface area contributed by atoms with E-state index in [1.807, 2.05) is 37.3 Å². The molecular formula is C12H12ClNO2. The Hall–Kier alpha value is -1.48. The molecule has 1 aromatic heterocycles. The molecule has 0 unspecified atom stereocenters.